The highest BCUT2D eigenvalue weighted by atomic mass is 16.5. The van der Waals surface area contributed by atoms with E-state index < -0.39 is 0 Å². The smallest absolute Gasteiger partial charge is 0.251 e. The molecule has 0 bridgehead atoms. The molecule has 1 aromatic rings. The Bertz CT molecular complexity index is 616. The van der Waals surface area contributed by atoms with Crippen molar-refractivity contribution in [2.45, 2.75) is 52.7 Å². The van der Waals surface area contributed by atoms with Gasteiger partial charge >= 0.3 is 0 Å². The number of anilines is 2. The van der Waals surface area contributed by atoms with Gasteiger partial charge in [0.2, 0.25) is 5.91 Å². The van der Waals surface area contributed by atoms with E-state index in [0.29, 0.717) is 24.4 Å². The van der Waals surface area contributed by atoms with Crippen LogP contribution in [0.1, 0.15) is 50.9 Å². The third-order valence-corrected chi connectivity index (χ3v) is 4.40. The quantitative estimate of drug-likeness (QED) is 0.632. The van der Waals surface area contributed by atoms with E-state index in [1.54, 1.807) is 12.1 Å². The minimum absolute atomic E-state index is 0.0507. The standard InChI is InChI=1S/C19H29N3O3/c1-5-13(4)17-19(24)22-16-11-14(7-8-15(16)21-17)18(23)20-9-6-10-25-12(2)3/h7-8,11-13,17,21H,5-6,9-10H2,1-4H3,(H,20,23)(H,22,24)/t13-,17-/m1/s1. The van der Waals surface area contributed by atoms with Gasteiger partial charge in [-0.25, -0.2) is 0 Å². The second-order valence-electron chi connectivity index (χ2n) is 6.79. The lowest BCUT2D eigenvalue weighted by Crippen LogP contribution is -2.43. The molecule has 0 aliphatic carbocycles. The summed E-state index contributed by atoms with van der Waals surface area (Å²) in [5, 5.41) is 9.06. The van der Waals surface area contributed by atoms with Crippen molar-refractivity contribution < 1.29 is 14.3 Å². The minimum atomic E-state index is -0.238. The number of amides is 2. The third kappa shape index (κ3) is 5.19. The first-order valence-electron chi connectivity index (χ1n) is 9.03. The van der Waals surface area contributed by atoms with Gasteiger partial charge in [0.1, 0.15) is 6.04 Å². The third-order valence-electron chi connectivity index (χ3n) is 4.40. The van der Waals surface area contributed by atoms with Crippen LogP contribution in [0.2, 0.25) is 0 Å². The van der Waals surface area contributed by atoms with Crippen LogP contribution in [0.4, 0.5) is 11.4 Å². The Balaban J connectivity index is 1.94. The van der Waals surface area contributed by atoms with Gasteiger partial charge in [0.25, 0.3) is 5.91 Å². The van der Waals surface area contributed by atoms with Gasteiger partial charge in [0.15, 0.2) is 0 Å². The lowest BCUT2D eigenvalue weighted by Gasteiger charge is -2.30. The van der Waals surface area contributed by atoms with Crippen molar-refractivity contribution in [3.63, 3.8) is 0 Å². The molecule has 0 radical (unpaired) electrons. The van der Waals surface area contributed by atoms with Crippen LogP contribution in [0, 0.1) is 5.92 Å². The zero-order chi connectivity index (χ0) is 18.4. The van der Waals surface area contributed by atoms with Gasteiger partial charge < -0.3 is 20.7 Å². The van der Waals surface area contributed by atoms with Crippen LogP contribution in [0.5, 0.6) is 0 Å². The van der Waals surface area contributed by atoms with Crippen molar-refractivity contribution in [3.8, 4) is 0 Å². The van der Waals surface area contributed by atoms with Crippen molar-refractivity contribution in [3.05, 3.63) is 23.8 Å². The molecule has 1 aliphatic rings. The number of rotatable bonds is 8. The van der Waals surface area contributed by atoms with Crippen LogP contribution in [0.25, 0.3) is 0 Å². The lowest BCUT2D eigenvalue weighted by molar-refractivity contribution is -0.118. The van der Waals surface area contributed by atoms with E-state index in [2.05, 4.69) is 22.9 Å². The van der Waals surface area contributed by atoms with Crippen molar-refractivity contribution in [2.75, 3.05) is 23.8 Å². The fourth-order valence-electron chi connectivity index (χ4n) is 2.69. The largest absolute Gasteiger partial charge is 0.379 e. The Morgan fingerprint density at radius 1 is 1.28 bits per heavy atom. The van der Waals surface area contributed by atoms with Crippen molar-refractivity contribution in [2.24, 2.45) is 5.92 Å². The summed E-state index contributed by atoms with van der Waals surface area (Å²) in [6.45, 7) is 9.27. The molecule has 0 fully saturated rings. The average molecular weight is 347 g/mol. The van der Waals surface area contributed by atoms with Crippen molar-refractivity contribution in [1.82, 2.24) is 5.32 Å². The first-order valence-corrected chi connectivity index (χ1v) is 9.03. The normalized spacial score (nSPS) is 17.5. The molecule has 6 heteroatoms. The zero-order valence-electron chi connectivity index (χ0n) is 15.5. The van der Waals surface area contributed by atoms with Gasteiger partial charge in [0.05, 0.1) is 17.5 Å². The number of hydrogen-bond donors (Lipinski definition) is 3. The number of hydrogen-bond acceptors (Lipinski definition) is 4. The van der Waals surface area contributed by atoms with E-state index in [-0.39, 0.29) is 29.9 Å². The molecule has 0 saturated carbocycles. The number of benzene rings is 1. The van der Waals surface area contributed by atoms with Gasteiger partial charge in [-0.3, -0.25) is 9.59 Å². The Labute approximate surface area is 149 Å². The lowest BCUT2D eigenvalue weighted by atomic mass is 9.95. The predicted octanol–water partition coefficient (Wildman–Crippen LogP) is 3.01. The second kappa shape index (κ2) is 8.85. The van der Waals surface area contributed by atoms with Gasteiger partial charge in [-0.15, -0.1) is 0 Å². The Kier molecular flexibility index (Phi) is 6.82. The van der Waals surface area contributed by atoms with Crippen LogP contribution >= 0.6 is 0 Å². The van der Waals surface area contributed by atoms with Crippen LogP contribution in [0.15, 0.2) is 18.2 Å². The molecule has 1 aliphatic heterocycles. The van der Waals surface area contributed by atoms with E-state index in [1.165, 1.54) is 0 Å². The summed E-state index contributed by atoms with van der Waals surface area (Å²) in [5.41, 5.74) is 2.04. The van der Waals surface area contributed by atoms with E-state index in [9.17, 15) is 9.59 Å². The van der Waals surface area contributed by atoms with Crippen molar-refractivity contribution >= 4 is 23.2 Å². The maximum atomic E-state index is 12.2. The fraction of sp³-hybridized carbons (Fsp3) is 0.579. The van der Waals surface area contributed by atoms with Crippen LogP contribution in [-0.2, 0) is 9.53 Å². The Morgan fingerprint density at radius 2 is 2.04 bits per heavy atom. The van der Waals surface area contributed by atoms with Gasteiger partial charge in [0, 0.05) is 18.7 Å². The molecule has 25 heavy (non-hydrogen) atoms. The van der Waals surface area contributed by atoms with E-state index >= 15 is 0 Å². The first kappa shape index (κ1) is 19.2. The Morgan fingerprint density at radius 3 is 2.72 bits per heavy atom. The summed E-state index contributed by atoms with van der Waals surface area (Å²) >= 11 is 0. The first-order chi connectivity index (χ1) is 11.9. The molecule has 0 spiro atoms. The number of carbonyl (C=O) groups is 2. The fourth-order valence-corrected chi connectivity index (χ4v) is 2.69. The number of ether oxygens (including phenoxy) is 1. The summed E-state index contributed by atoms with van der Waals surface area (Å²) in [4.78, 5) is 24.5. The van der Waals surface area contributed by atoms with Crippen molar-refractivity contribution in [1.29, 1.82) is 0 Å². The molecule has 1 aromatic carbocycles. The molecule has 2 amide bonds. The van der Waals surface area contributed by atoms with Gasteiger partial charge in [-0.1, -0.05) is 20.3 Å². The second-order valence-corrected chi connectivity index (χ2v) is 6.79. The van der Waals surface area contributed by atoms with Crippen LogP contribution in [-0.4, -0.2) is 37.1 Å². The predicted molar refractivity (Wildman–Crippen MR) is 100.0 cm³/mol. The average Bonchev–Trinajstić information content (AvgIpc) is 2.59. The maximum Gasteiger partial charge on any atom is 0.251 e. The summed E-state index contributed by atoms with van der Waals surface area (Å²) in [5.74, 6) is 0.0417. The molecule has 2 atom stereocenters. The van der Waals surface area contributed by atoms with E-state index in [4.69, 9.17) is 4.74 Å². The molecular formula is C19H29N3O3. The molecule has 2 rings (SSSR count). The molecule has 138 valence electrons. The molecular weight excluding hydrogens is 318 g/mol. The monoisotopic (exact) mass is 347 g/mol. The summed E-state index contributed by atoms with van der Waals surface area (Å²) < 4.78 is 5.45. The SMILES string of the molecule is CC[C@@H](C)[C@H]1Nc2ccc(C(=O)NCCCOC(C)C)cc2NC1=O. The Hall–Kier alpha value is -2.08. The molecule has 6 nitrogen and oxygen atoms in total. The number of fused-ring (bicyclic) bond motifs is 1. The maximum absolute atomic E-state index is 12.2. The molecule has 0 saturated heterocycles. The van der Waals surface area contributed by atoms with Crippen LogP contribution in [0.3, 0.4) is 0 Å². The summed E-state index contributed by atoms with van der Waals surface area (Å²) in [6, 6.07) is 5.10. The molecule has 0 aromatic heterocycles. The van der Waals surface area contributed by atoms with Gasteiger partial charge in [-0.05, 0) is 44.4 Å². The highest BCUT2D eigenvalue weighted by molar-refractivity contribution is 6.05. The summed E-state index contributed by atoms with van der Waals surface area (Å²) in [7, 11) is 0. The topological polar surface area (TPSA) is 79.5 Å². The minimum Gasteiger partial charge on any atom is -0.379 e. The van der Waals surface area contributed by atoms with Gasteiger partial charge in [-0.2, -0.15) is 0 Å². The van der Waals surface area contributed by atoms with E-state index in [0.717, 1.165) is 18.5 Å². The number of nitrogens with one attached hydrogen (secondary N) is 3. The summed E-state index contributed by atoms with van der Waals surface area (Å²) in [6.07, 6.45) is 1.89. The molecule has 3 N–H and O–H groups in total. The van der Waals surface area contributed by atoms with E-state index in [1.807, 2.05) is 26.8 Å². The highest BCUT2D eigenvalue weighted by Crippen LogP contribution is 2.30. The highest BCUT2D eigenvalue weighted by Gasteiger charge is 2.29. The number of carbonyl (C=O) groups excluding carboxylic acids is 2. The molecule has 1 heterocycles. The van der Waals surface area contributed by atoms with Crippen LogP contribution < -0.4 is 16.0 Å². The molecule has 0 unspecified atom stereocenters. The zero-order valence-corrected chi connectivity index (χ0v) is 15.5.